The van der Waals surface area contributed by atoms with E-state index >= 15 is 0 Å². The van der Waals surface area contributed by atoms with Crippen LogP contribution in [0.3, 0.4) is 0 Å². The molecule has 0 amide bonds. The van der Waals surface area contributed by atoms with E-state index in [9.17, 15) is 0 Å². The van der Waals surface area contributed by atoms with Crippen LogP contribution in [0.15, 0.2) is 164 Å². The largest absolute Gasteiger partial charge is 0.264 e. The van der Waals surface area contributed by atoms with Crippen molar-refractivity contribution in [2.24, 2.45) is 0 Å². The fourth-order valence-electron chi connectivity index (χ4n) is 7.33. The summed E-state index contributed by atoms with van der Waals surface area (Å²) in [7, 11) is 0. The Morgan fingerprint density at radius 3 is 1.89 bits per heavy atom. The zero-order chi connectivity index (χ0) is 29.8. The van der Waals surface area contributed by atoms with Crippen molar-refractivity contribution in [1.29, 1.82) is 0 Å². The Morgan fingerprint density at radius 2 is 1.13 bits per heavy atom. The average molecular weight is 574 g/mol. The van der Waals surface area contributed by atoms with E-state index in [4.69, 9.17) is 9.97 Å². The Morgan fingerprint density at radius 1 is 0.444 bits per heavy atom. The molecule has 0 radical (unpaired) electrons. The first-order valence-corrected chi connectivity index (χ1v) is 15.3. The normalized spacial score (nSPS) is 13.1. The lowest BCUT2D eigenvalue weighted by molar-refractivity contribution is 0.769. The zero-order valence-electron chi connectivity index (χ0n) is 24.4. The van der Waals surface area contributed by atoms with Gasteiger partial charge in [0.1, 0.15) is 0 Å². The lowest BCUT2D eigenvalue weighted by Crippen LogP contribution is -2.28. The Balaban J connectivity index is 1.40. The fraction of sp³-hybridized carbons (Fsp3) is 0.0238. The number of aromatic nitrogens is 3. The first-order chi connectivity index (χ1) is 22.3. The Bertz CT molecular complexity index is 2330. The summed E-state index contributed by atoms with van der Waals surface area (Å²) in [5.74, 6) is 0. The maximum absolute atomic E-state index is 5.31. The average Bonchev–Trinajstić information content (AvgIpc) is 3.42. The molecule has 0 fully saturated rings. The molecule has 0 atom stereocenters. The number of nitrogens with zero attached hydrogens (tertiary/aromatic N) is 3. The number of fused-ring (bicyclic) bond motifs is 6. The number of rotatable bonds is 4. The topological polar surface area (TPSA) is 38.7 Å². The molecule has 0 aliphatic heterocycles. The van der Waals surface area contributed by atoms with E-state index in [-0.39, 0.29) is 0 Å². The number of hydrogen-bond acceptors (Lipinski definition) is 3. The second-order valence-corrected chi connectivity index (χ2v) is 11.6. The molecule has 0 N–H and O–H groups in total. The molecular formula is C42H27N3. The zero-order valence-corrected chi connectivity index (χ0v) is 24.4. The van der Waals surface area contributed by atoms with Crippen LogP contribution < -0.4 is 0 Å². The number of benzene rings is 5. The van der Waals surface area contributed by atoms with E-state index in [0.717, 1.165) is 44.2 Å². The molecule has 1 aliphatic rings. The van der Waals surface area contributed by atoms with Crippen molar-refractivity contribution in [3.63, 3.8) is 0 Å². The van der Waals surface area contributed by atoms with Gasteiger partial charge >= 0.3 is 0 Å². The number of hydrogen-bond donors (Lipinski definition) is 0. The van der Waals surface area contributed by atoms with E-state index in [1.54, 1.807) is 0 Å². The van der Waals surface area contributed by atoms with Crippen molar-refractivity contribution >= 4 is 21.8 Å². The van der Waals surface area contributed by atoms with Crippen molar-refractivity contribution in [3.8, 4) is 33.5 Å². The van der Waals surface area contributed by atoms with E-state index in [1.807, 2.05) is 30.7 Å². The van der Waals surface area contributed by atoms with Crippen LogP contribution in [0.2, 0.25) is 0 Å². The van der Waals surface area contributed by atoms with Gasteiger partial charge in [-0.15, -0.1) is 0 Å². The summed E-state index contributed by atoms with van der Waals surface area (Å²) in [6.45, 7) is 0. The lowest BCUT2D eigenvalue weighted by Gasteiger charge is -2.34. The van der Waals surface area contributed by atoms with Crippen LogP contribution >= 0.6 is 0 Å². The predicted octanol–water partition coefficient (Wildman–Crippen LogP) is 9.88. The van der Waals surface area contributed by atoms with Crippen LogP contribution in [0.25, 0.3) is 55.3 Å². The first-order valence-electron chi connectivity index (χ1n) is 15.3. The molecule has 0 unspecified atom stereocenters. The highest BCUT2D eigenvalue weighted by molar-refractivity contribution is 6.04. The van der Waals surface area contributed by atoms with Crippen LogP contribution in [-0.2, 0) is 5.41 Å². The second kappa shape index (κ2) is 10.1. The quantitative estimate of drug-likeness (QED) is 0.197. The van der Waals surface area contributed by atoms with Gasteiger partial charge in [-0.2, -0.15) is 0 Å². The molecule has 8 aromatic rings. The molecule has 3 heteroatoms. The highest BCUT2D eigenvalue weighted by Crippen LogP contribution is 2.57. The van der Waals surface area contributed by atoms with Crippen LogP contribution in [0.4, 0.5) is 0 Å². The summed E-state index contributed by atoms with van der Waals surface area (Å²) in [5, 5.41) is 2.16. The third kappa shape index (κ3) is 3.81. The standard InChI is InChI=1S/C42H27N3/c1-3-13-31(14-4-1)42(32-15-5-2-6-16-32)37-18-8-7-17-33(37)35-25-36(34(26-38(35)42)30-12-9-23-43-27-30)39-22-21-29-20-19-28-11-10-24-44-40(28)41(29)45-39/h1-27H. The Labute approximate surface area is 261 Å². The summed E-state index contributed by atoms with van der Waals surface area (Å²) >= 11 is 0. The van der Waals surface area contributed by atoms with Crippen molar-refractivity contribution in [2.75, 3.05) is 0 Å². The Hall–Kier alpha value is -5.93. The van der Waals surface area contributed by atoms with Gasteiger partial charge in [0, 0.05) is 40.5 Å². The summed E-state index contributed by atoms with van der Waals surface area (Å²) in [6.07, 6.45) is 5.63. The Kier molecular flexibility index (Phi) is 5.72. The van der Waals surface area contributed by atoms with Crippen molar-refractivity contribution in [2.45, 2.75) is 5.41 Å². The van der Waals surface area contributed by atoms with Crippen LogP contribution in [-0.4, -0.2) is 15.0 Å². The summed E-state index contributed by atoms with van der Waals surface area (Å²) in [4.78, 5) is 14.6. The molecule has 3 aromatic heterocycles. The minimum atomic E-state index is -0.485. The molecule has 1 aliphatic carbocycles. The van der Waals surface area contributed by atoms with Gasteiger partial charge in [-0.05, 0) is 69.3 Å². The molecule has 0 saturated heterocycles. The van der Waals surface area contributed by atoms with Crippen LogP contribution in [0, 0.1) is 0 Å². The second-order valence-electron chi connectivity index (χ2n) is 11.6. The minimum Gasteiger partial charge on any atom is -0.264 e. The van der Waals surface area contributed by atoms with Gasteiger partial charge in [0.2, 0.25) is 0 Å². The summed E-state index contributed by atoms with van der Waals surface area (Å²) in [5.41, 5.74) is 13.0. The molecule has 210 valence electrons. The molecule has 3 nitrogen and oxygen atoms in total. The molecule has 45 heavy (non-hydrogen) atoms. The highest BCUT2D eigenvalue weighted by Gasteiger charge is 2.46. The molecule has 5 aromatic carbocycles. The molecule has 0 saturated carbocycles. The minimum absolute atomic E-state index is 0.485. The maximum atomic E-state index is 5.31. The van der Waals surface area contributed by atoms with Gasteiger partial charge in [0.15, 0.2) is 0 Å². The van der Waals surface area contributed by atoms with Gasteiger partial charge in [-0.3, -0.25) is 9.97 Å². The molecular weight excluding hydrogens is 546 g/mol. The van der Waals surface area contributed by atoms with Gasteiger partial charge in [-0.25, -0.2) is 4.98 Å². The molecule has 0 spiro atoms. The smallest absolute Gasteiger partial charge is 0.0972 e. The maximum Gasteiger partial charge on any atom is 0.0972 e. The summed E-state index contributed by atoms with van der Waals surface area (Å²) < 4.78 is 0. The van der Waals surface area contributed by atoms with Crippen LogP contribution in [0.5, 0.6) is 0 Å². The third-order valence-corrected chi connectivity index (χ3v) is 9.28. The lowest BCUT2D eigenvalue weighted by atomic mass is 9.67. The van der Waals surface area contributed by atoms with E-state index < -0.39 is 5.41 Å². The third-order valence-electron chi connectivity index (χ3n) is 9.28. The van der Waals surface area contributed by atoms with Gasteiger partial charge in [-0.1, -0.05) is 115 Å². The van der Waals surface area contributed by atoms with Crippen molar-refractivity contribution < 1.29 is 0 Å². The van der Waals surface area contributed by atoms with Gasteiger partial charge in [0.25, 0.3) is 0 Å². The van der Waals surface area contributed by atoms with Gasteiger partial charge in [0.05, 0.1) is 22.1 Å². The van der Waals surface area contributed by atoms with Gasteiger partial charge < -0.3 is 0 Å². The fourth-order valence-corrected chi connectivity index (χ4v) is 7.33. The monoisotopic (exact) mass is 573 g/mol. The molecule has 0 bridgehead atoms. The van der Waals surface area contributed by atoms with Crippen LogP contribution in [0.1, 0.15) is 22.3 Å². The predicted molar refractivity (Wildman–Crippen MR) is 183 cm³/mol. The van der Waals surface area contributed by atoms with E-state index in [0.29, 0.717) is 0 Å². The highest BCUT2D eigenvalue weighted by atomic mass is 14.8. The molecule has 3 heterocycles. The molecule has 9 rings (SSSR count). The van der Waals surface area contributed by atoms with Crippen molar-refractivity contribution in [1.82, 2.24) is 15.0 Å². The number of pyridine rings is 3. The van der Waals surface area contributed by atoms with Crippen molar-refractivity contribution in [3.05, 3.63) is 186 Å². The van der Waals surface area contributed by atoms with E-state index in [2.05, 4.69) is 138 Å². The summed E-state index contributed by atoms with van der Waals surface area (Å²) in [6, 6.07) is 52.2. The van der Waals surface area contributed by atoms with E-state index in [1.165, 1.54) is 33.4 Å². The SMILES string of the molecule is c1ccc(C2(c3ccccc3)c3ccccc3-c3cc(-c4ccc5ccc6cccnc6c5n4)c(-c4cccnc4)cc32)cc1. The first kappa shape index (κ1) is 25.6.